The number of aromatic hydroxyl groups is 2. The normalized spacial score (nSPS) is 10.1. The SMILES string of the molecule is Nc1cccc(O)c1CNc1ccc(O)cc1. The zero-order valence-corrected chi connectivity index (χ0v) is 9.22. The van der Waals surface area contributed by atoms with Gasteiger partial charge < -0.3 is 21.3 Å². The molecule has 2 aromatic carbocycles. The van der Waals surface area contributed by atoms with Crippen molar-refractivity contribution in [1.82, 2.24) is 0 Å². The quantitative estimate of drug-likeness (QED) is 0.482. The standard InChI is InChI=1S/C13H14N2O2/c14-12-2-1-3-13(17)11(12)8-15-9-4-6-10(16)7-5-9/h1-7,15-17H,8,14H2. The zero-order valence-electron chi connectivity index (χ0n) is 9.22. The highest BCUT2D eigenvalue weighted by molar-refractivity contribution is 5.56. The van der Waals surface area contributed by atoms with Crippen molar-refractivity contribution in [2.75, 3.05) is 11.1 Å². The second kappa shape index (κ2) is 4.65. The molecule has 0 spiro atoms. The van der Waals surface area contributed by atoms with Crippen molar-refractivity contribution >= 4 is 11.4 Å². The third-order valence-electron chi connectivity index (χ3n) is 2.52. The molecule has 0 radical (unpaired) electrons. The molecule has 5 N–H and O–H groups in total. The number of rotatable bonds is 3. The fourth-order valence-corrected chi connectivity index (χ4v) is 1.55. The van der Waals surface area contributed by atoms with Crippen LogP contribution in [0.25, 0.3) is 0 Å². The van der Waals surface area contributed by atoms with E-state index in [1.165, 1.54) is 0 Å². The van der Waals surface area contributed by atoms with Crippen molar-refractivity contribution < 1.29 is 10.2 Å². The first-order chi connectivity index (χ1) is 8.16. The van der Waals surface area contributed by atoms with Gasteiger partial charge in [-0.25, -0.2) is 0 Å². The maximum absolute atomic E-state index is 9.65. The highest BCUT2D eigenvalue weighted by atomic mass is 16.3. The van der Waals surface area contributed by atoms with E-state index < -0.39 is 0 Å². The fourth-order valence-electron chi connectivity index (χ4n) is 1.55. The van der Waals surface area contributed by atoms with Crippen LogP contribution in [0.4, 0.5) is 11.4 Å². The van der Waals surface area contributed by atoms with Gasteiger partial charge in [0.2, 0.25) is 0 Å². The van der Waals surface area contributed by atoms with Crippen molar-refractivity contribution in [1.29, 1.82) is 0 Å². The topological polar surface area (TPSA) is 78.5 Å². The molecule has 88 valence electrons. The summed E-state index contributed by atoms with van der Waals surface area (Å²) in [6.45, 7) is 0.434. The molecular weight excluding hydrogens is 216 g/mol. The van der Waals surface area contributed by atoms with Crippen molar-refractivity contribution in [3.05, 3.63) is 48.0 Å². The lowest BCUT2D eigenvalue weighted by molar-refractivity contribution is 0.469. The average Bonchev–Trinajstić information content (AvgIpc) is 2.31. The summed E-state index contributed by atoms with van der Waals surface area (Å²) in [6.07, 6.45) is 0. The van der Waals surface area contributed by atoms with Crippen LogP contribution in [-0.4, -0.2) is 10.2 Å². The van der Waals surface area contributed by atoms with Gasteiger partial charge in [0.25, 0.3) is 0 Å². The van der Waals surface area contributed by atoms with Crippen LogP contribution in [0.2, 0.25) is 0 Å². The predicted octanol–water partition coefficient (Wildman–Crippen LogP) is 2.29. The third kappa shape index (κ3) is 2.60. The van der Waals surface area contributed by atoms with E-state index in [1.807, 2.05) is 0 Å². The van der Waals surface area contributed by atoms with Crippen LogP contribution in [0.1, 0.15) is 5.56 Å². The largest absolute Gasteiger partial charge is 0.508 e. The number of hydrogen-bond acceptors (Lipinski definition) is 4. The number of hydrogen-bond donors (Lipinski definition) is 4. The van der Waals surface area contributed by atoms with Crippen LogP contribution in [0.15, 0.2) is 42.5 Å². The first kappa shape index (κ1) is 11.1. The van der Waals surface area contributed by atoms with E-state index in [9.17, 15) is 5.11 Å². The van der Waals surface area contributed by atoms with Gasteiger partial charge in [-0.3, -0.25) is 0 Å². The molecule has 0 fully saturated rings. The number of nitrogen functional groups attached to an aromatic ring is 1. The van der Waals surface area contributed by atoms with Gasteiger partial charge in [0, 0.05) is 23.5 Å². The van der Waals surface area contributed by atoms with Crippen molar-refractivity contribution in [2.24, 2.45) is 0 Å². The number of phenolic OH excluding ortho intramolecular Hbond substituents is 2. The smallest absolute Gasteiger partial charge is 0.122 e. The molecule has 0 unspecified atom stereocenters. The average molecular weight is 230 g/mol. The Bertz CT molecular complexity index is 489. The van der Waals surface area contributed by atoms with E-state index in [0.717, 1.165) is 5.69 Å². The lowest BCUT2D eigenvalue weighted by Crippen LogP contribution is -2.03. The Hall–Kier alpha value is -2.36. The summed E-state index contributed by atoms with van der Waals surface area (Å²) in [5, 5.41) is 21.9. The lowest BCUT2D eigenvalue weighted by atomic mass is 10.1. The number of phenols is 2. The first-order valence-corrected chi connectivity index (χ1v) is 5.26. The predicted molar refractivity (Wildman–Crippen MR) is 68.0 cm³/mol. The van der Waals surface area contributed by atoms with E-state index in [1.54, 1.807) is 42.5 Å². The molecule has 0 bridgehead atoms. The Kier molecular flexibility index (Phi) is 3.05. The van der Waals surface area contributed by atoms with Gasteiger partial charge in [0.15, 0.2) is 0 Å². The second-order valence-electron chi connectivity index (χ2n) is 3.75. The number of anilines is 2. The van der Waals surface area contributed by atoms with Crippen molar-refractivity contribution in [3.63, 3.8) is 0 Å². The van der Waals surface area contributed by atoms with Crippen LogP contribution in [0.3, 0.4) is 0 Å². The molecule has 0 aliphatic rings. The molecule has 4 nitrogen and oxygen atoms in total. The summed E-state index contributed by atoms with van der Waals surface area (Å²) in [5.74, 6) is 0.397. The van der Waals surface area contributed by atoms with Crippen LogP contribution in [0, 0.1) is 0 Å². The summed E-state index contributed by atoms with van der Waals surface area (Å²) in [4.78, 5) is 0. The molecule has 0 saturated heterocycles. The Morgan fingerprint density at radius 1 is 1.00 bits per heavy atom. The second-order valence-corrected chi connectivity index (χ2v) is 3.75. The van der Waals surface area contributed by atoms with Gasteiger partial charge in [-0.15, -0.1) is 0 Å². The van der Waals surface area contributed by atoms with E-state index in [2.05, 4.69) is 5.32 Å². The molecular formula is C13H14N2O2. The minimum atomic E-state index is 0.177. The van der Waals surface area contributed by atoms with Gasteiger partial charge in [-0.2, -0.15) is 0 Å². The minimum absolute atomic E-state index is 0.177. The lowest BCUT2D eigenvalue weighted by Gasteiger charge is -2.10. The van der Waals surface area contributed by atoms with Crippen LogP contribution < -0.4 is 11.1 Å². The van der Waals surface area contributed by atoms with Gasteiger partial charge in [-0.1, -0.05) is 6.07 Å². The molecule has 0 heterocycles. The van der Waals surface area contributed by atoms with Gasteiger partial charge in [-0.05, 0) is 36.4 Å². The Morgan fingerprint density at radius 2 is 1.71 bits per heavy atom. The molecule has 17 heavy (non-hydrogen) atoms. The number of nitrogens with two attached hydrogens (primary N) is 1. The molecule has 2 aromatic rings. The van der Waals surface area contributed by atoms with E-state index in [0.29, 0.717) is 17.8 Å². The Balaban J connectivity index is 2.10. The highest BCUT2D eigenvalue weighted by Crippen LogP contribution is 2.24. The van der Waals surface area contributed by atoms with Crippen LogP contribution in [0.5, 0.6) is 11.5 Å². The molecule has 0 amide bonds. The fraction of sp³-hybridized carbons (Fsp3) is 0.0769. The maximum atomic E-state index is 9.65. The van der Waals surface area contributed by atoms with Gasteiger partial charge in [0.05, 0.1) is 0 Å². The molecule has 0 aliphatic carbocycles. The van der Waals surface area contributed by atoms with Crippen molar-refractivity contribution in [2.45, 2.75) is 6.54 Å². The molecule has 4 heteroatoms. The Labute approximate surface area is 99.3 Å². The minimum Gasteiger partial charge on any atom is -0.508 e. The molecule has 0 aliphatic heterocycles. The molecule has 2 rings (SSSR count). The van der Waals surface area contributed by atoms with E-state index in [4.69, 9.17) is 10.8 Å². The van der Waals surface area contributed by atoms with Crippen LogP contribution in [-0.2, 0) is 6.54 Å². The summed E-state index contributed by atoms with van der Waals surface area (Å²) in [7, 11) is 0. The first-order valence-electron chi connectivity index (χ1n) is 5.26. The van der Waals surface area contributed by atoms with Crippen LogP contribution >= 0.6 is 0 Å². The monoisotopic (exact) mass is 230 g/mol. The number of nitrogens with one attached hydrogen (secondary N) is 1. The summed E-state index contributed by atoms with van der Waals surface area (Å²) >= 11 is 0. The van der Waals surface area contributed by atoms with Gasteiger partial charge in [0.1, 0.15) is 11.5 Å². The zero-order chi connectivity index (χ0) is 12.3. The summed E-state index contributed by atoms with van der Waals surface area (Å²) < 4.78 is 0. The molecule has 0 saturated carbocycles. The van der Waals surface area contributed by atoms with E-state index in [-0.39, 0.29) is 11.5 Å². The molecule has 0 atom stereocenters. The van der Waals surface area contributed by atoms with E-state index >= 15 is 0 Å². The number of benzene rings is 2. The van der Waals surface area contributed by atoms with Gasteiger partial charge >= 0.3 is 0 Å². The maximum Gasteiger partial charge on any atom is 0.122 e. The third-order valence-corrected chi connectivity index (χ3v) is 2.52. The summed E-state index contributed by atoms with van der Waals surface area (Å²) in [6, 6.07) is 11.7. The molecule has 0 aromatic heterocycles. The van der Waals surface area contributed by atoms with Crippen molar-refractivity contribution in [3.8, 4) is 11.5 Å². The summed E-state index contributed by atoms with van der Waals surface area (Å²) in [5.41, 5.74) is 7.84. The highest BCUT2D eigenvalue weighted by Gasteiger charge is 2.04. The Morgan fingerprint density at radius 3 is 2.35 bits per heavy atom.